The second-order valence-corrected chi connectivity index (χ2v) is 7.27. The summed E-state index contributed by atoms with van der Waals surface area (Å²) in [4.78, 5) is 17.2. The lowest BCUT2D eigenvalue weighted by atomic mass is 10.0. The molecule has 8 heteroatoms. The zero-order valence-corrected chi connectivity index (χ0v) is 17.2. The third-order valence-electron chi connectivity index (χ3n) is 3.62. The van der Waals surface area contributed by atoms with Crippen LogP contribution in [-0.4, -0.2) is 11.8 Å². The lowest BCUT2D eigenvalue weighted by molar-refractivity contribution is 0.166. The van der Waals surface area contributed by atoms with Crippen LogP contribution in [0.2, 0.25) is 20.1 Å². The average molecular weight is 454 g/mol. The zero-order valence-electron chi connectivity index (χ0n) is 14.1. The van der Waals surface area contributed by atoms with Crippen LogP contribution in [0.15, 0.2) is 71.9 Å². The van der Waals surface area contributed by atoms with E-state index >= 15 is 0 Å². The van der Waals surface area contributed by atoms with Gasteiger partial charge in [0.25, 0.3) is 0 Å². The van der Waals surface area contributed by atoms with E-state index in [1.165, 1.54) is 6.07 Å². The van der Waals surface area contributed by atoms with Crippen LogP contribution in [0.25, 0.3) is 0 Å². The number of amides is 1. The van der Waals surface area contributed by atoms with E-state index in [1.54, 1.807) is 60.7 Å². The summed E-state index contributed by atoms with van der Waals surface area (Å²) in [6.07, 6.45) is -0.779. The van der Waals surface area contributed by atoms with Gasteiger partial charge in [0, 0.05) is 26.9 Å². The fraction of sp³-hybridized carbons (Fsp3) is 0. The predicted octanol–water partition coefficient (Wildman–Crippen LogP) is 7.30. The minimum Gasteiger partial charge on any atom is -0.297 e. The molecule has 0 atom stereocenters. The molecule has 0 aromatic heterocycles. The number of nitrogens with one attached hydrogen (secondary N) is 1. The Labute approximate surface area is 181 Å². The summed E-state index contributed by atoms with van der Waals surface area (Å²) in [7, 11) is 0. The van der Waals surface area contributed by atoms with Gasteiger partial charge in [0.15, 0.2) is 0 Å². The Kier molecular flexibility index (Phi) is 6.81. The molecule has 0 aliphatic heterocycles. The van der Waals surface area contributed by atoms with Crippen LogP contribution in [0.4, 0.5) is 10.5 Å². The van der Waals surface area contributed by atoms with Crippen molar-refractivity contribution in [3.8, 4) is 0 Å². The summed E-state index contributed by atoms with van der Waals surface area (Å²) in [5.74, 6) is 0. The number of oxime groups is 1. The van der Waals surface area contributed by atoms with Crippen molar-refractivity contribution in [1.29, 1.82) is 0 Å². The van der Waals surface area contributed by atoms with Crippen LogP contribution in [0.3, 0.4) is 0 Å². The Hall–Kier alpha value is -2.24. The molecule has 3 rings (SSSR count). The number of nitrogens with zero attached hydrogens (tertiary/aromatic N) is 1. The highest BCUT2D eigenvalue weighted by Crippen LogP contribution is 2.25. The summed E-state index contributed by atoms with van der Waals surface area (Å²) in [5.41, 5.74) is 2.30. The summed E-state index contributed by atoms with van der Waals surface area (Å²) in [6.45, 7) is 0. The van der Waals surface area contributed by atoms with Gasteiger partial charge in [-0.15, -0.1) is 0 Å². The Morgan fingerprint density at radius 2 is 1.29 bits per heavy atom. The van der Waals surface area contributed by atoms with Crippen molar-refractivity contribution >= 4 is 63.9 Å². The quantitative estimate of drug-likeness (QED) is 0.256. The van der Waals surface area contributed by atoms with Crippen molar-refractivity contribution in [3.63, 3.8) is 0 Å². The van der Waals surface area contributed by atoms with E-state index in [1.807, 2.05) is 0 Å². The highest BCUT2D eigenvalue weighted by atomic mass is 35.5. The van der Waals surface area contributed by atoms with E-state index in [0.717, 1.165) is 0 Å². The predicted molar refractivity (Wildman–Crippen MR) is 115 cm³/mol. The Morgan fingerprint density at radius 3 is 1.79 bits per heavy atom. The van der Waals surface area contributed by atoms with Gasteiger partial charge in [0.2, 0.25) is 0 Å². The molecule has 0 bridgehead atoms. The third-order valence-corrected chi connectivity index (χ3v) is 4.86. The number of halogens is 4. The molecule has 0 saturated heterocycles. The lowest BCUT2D eigenvalue weighted by Crippen LogP contribution is -2.13. The summed E-state index contributed by atoms with van der Waals surface area (Å²) in [5, 5.41) is 8.41. The molecule has 3 aromatic rings. The number of carbonyl (C=O) groups excluding carboxylic acids is 1. The van der Waals surface area contributed by atoms with Crippen molar-refractivity contribution in [2.24, 2.45) is 5.16 Å². The minimum absolute atomic E-state index is 0.311. The van der Waals surface area contributed by atoms with Crippen LogP contribution in [0.1, 0.15) is 11.1 Å². The SMILES string of the molecule is O=C(Nc1ccc(Cl)c(Cl)c1)ON=C(c1ccc(Cl)cc1)c1ccc(Cl)cc1. The molecule has 0 spiro atoms. The van der Waals surface area contributed by atoms with Crippen molar-refractivity contribution in [2.45, 2.75) is 0 Å². The largest absolute Gasteiger partial charge is 0.437 e. The molecule has 0 aliphatic rings. The molecular formula is C20H12Cl4N2O2. The minimum atomic E-state index is -0.779. The Bertz CT molecular complexity index is 972. The van der Waals surface area contributed by atoms with Crippen LogP contribution in [0, 0.1) is 0 Å². The molecule has 4 nitrogen and oxygen atoms in total. The number of benzene rings is 3. The van der Waals surface area contributed by atoms with E-state index in [9.17, 15) is 4.79 Å². The first kappa shape index (κ1) is 20.5. The van der Waals surface area contributed by atoms with Crippen LogP contribution >= 0.6 is 46.4 Å². The van der Waals surface area contributed by atoms with E-state index < -0.39 is 6.09 Å². The number of rotatable bonds is 4. The van der Waals surface area contributed by atoms with Gasteiger partial charge in [0.1, 0.15) is 5.71 Å². The molecule has 142 valence electrons. The molecule has 0 saturated carbocycles. The molecule has 3 aromatic carbocycles. The van der Waals surface area contributed by atoms with E-state index in [4.69, 9.17) is 51.2 Å². The van der Waals surface area contributed by atoms with Gasteiger partial charge in [-0.1, -0.05) is 75.8 Å². The maximum atomic E-state index is 12.1. The molecule has 0 aliphatic carbocycles. The average Bonchev–Trinajstić information content (AvgIpc) is 2.67. The molecule has 0 fully saturated rings. The molecule has 0 heterocycles. The highest BCUT2D eigenvalue weighted by molar-refractivity contribution is 6.42. The van der Waals surface area contributed by atoms with E-state index in [2.05, 4.69) is 10.5 Å². The first-order valence-electron chi connectivity index (χ1n) is 7.95. The van der Waals surface area contributed by atoms with Gasteiger partial charge < -0.3 is 0 Å². The Morgan fingerprint density at radius 1 is 0.750 bits per heavy atom. The van der Waals surface area contributed by atoms with Crippen molar-refractivity contribution in [3.05, 3.63) is 97.9 Å². The van der Waals surface area contributed by atoms with E-state index in [-0.39, 0.29) is 0 Å². The standard InChI is InChI=1S/C20H12Cl4N2O2/c21-14-5-1-12(2-6-14)19(13-3-7-15(22)8-4-13)26-28-20(27)25-16-9-10-17(23)18(24)11-16/h1-11H,(H,25,27). The van der Waals surface area contributed by atoms with Crippen molar-refractivity contribution in [2.75, 3.05) is 5.32 Å². The molecule has 1 amide bonds. The first-order valence-corrected chi connectivity index (χ1v) is 9.46. The monoisotopic (exact) mass is 452 g/mol. The van der Waals surface area contributed by atoms with E-state index in [0.29, 0.717) is 42.6 Å². The van der Waals surface area contributed by atoms with Gasteiger partial charge in [-0.25, -0.2) is 4.79 Å². The van der Waals surface area contributed by atoms with Crippen LogP contribution < -0.4 is 5.32 Å². The summed E-state index contributed by atoms with van der Waals surface area (Å²) < 4.78 is 0. The molecular weight excluding hydrogens is 442 g/mol. The lowest BCUT2D eigenvalue weighted by Gasteiger charge is -2.08. The highest BCUT2D eigenvalue weighted by Gasteiger charge is 2.11. The van der Waals surface area contributed by atoms with Gasteiger partial charge in [-0.2, -0.15) is 0 Å². The fourth-order valence-corrected chi connectivity index (χ4v) is 2.84. The zero-order chi connectivity index (χ0) is 20.1. The molecule has 28 heavy (non-hydrogen) atoms. The maximum Gasteiger partial charge on any atom is 0.437 e. The first-order chi connectivity index (χ1) is 13.4. The van der Waals surface area contributed by atoms with Crippen molar-refractivity contribution in [1.82, 2.24) is 0 Å². The van der Waals surface area contributed by atoms with Gasteiger partial charge in [-0.05, 0) is 42.5 Å². The van der Waals surface area contributed by atoms with Crippen molar-refractivity contribution < 1.29 is 9.63 Å². The van der Waals surface area contributed by atoms with Crippen LogP contribution in [0.5, 0.6) is 0 Å². The number of hydrogen-bond acceptors (Lipinski definition) is 3. The Balaban J connectivity index is 1.83. The summed E-state index contributed by atoms with van der Waals surface area (Å²) in [6, 6.07) is 18.6. The normalized spacial score (nSPS) is 10.3. The maximum absolute atomic E-state index is 12.1. The smallest absolute Gasteiger partial charge is 0.297 e. The van der Waals surface area contributed by atoms with Gasteiger partial charge in [-0.3, -0.25) is 10.2 Å². The second kappa shape index (κ2) is 9.30. The third kappa shape index (κ3) is 5.40. The molecule has 0 radical (unpaired) electrons. The van der Waals surface area contributed by atoms with Gasteiger partial charge in [0.05, 0.1) is 10.0 Å². The number of anilines is 1. The molecule has 1 N–H and O–H groups in total. The van der Waals surface area contributed by atoms with Crippen LogP contribution in [-0.2, 0) is 4.84 Å². The fourth-order valence-electron chi connectivity index (χ4n) is 2.29. The van der Waals surface area contributed by atoms with Gasteiger partial charge >= 0.3 is 6.09 Å². The molecule has 0 unspecified atom stereocenters. The topological polar surface area (TPSA) is 50.7 Å². The number of hydrogen-bond donors (Lipinski definition) is 1. The summed E-state index contributed by atoms with van der Waals surface area (Å²) >= 11 is 23.7. The second-order valence-electron chi connectivity index (χ2n) is 5.59. The number of carbonyl (C=O) groups is 1.